The zero-order valence-electron chi connectivity index (χ0n) is 12.2. The van der Waals surface area contributed by atoms with Crippen molar-refractivity contribution in [1.29, 1.82) is 0 Å². The van der Waals surface area contributed by atoms with Gasteiger partial charge in [-0.1, -0.05) is 0 Å². The predicted octanol–water partition coefficient (Wildman–Crippen LogP) is 0.784. The molecule has 0 bridgehead atoms. The van der Waals surface area contributed by atoms with E-state index in [1.54, 1.807) is 20.3 Å². The smallest absolute Gasteiger partial charge is 0.276 e. The van der Waals surface area contributed by atoms with Crippen LogP contribution in [0.15, 0.2) is 18.2 Å². The molecule has 1 fully saturated rings. The summed E-state index contributed by atoms with van der Waals surface area (Å²) < 4.78 is 34.6. The number of ether oxygens (including phenoxy) is 2. The largest absolute Gasteiger partial charge is 0.497 e. The van der Waals surface area contributed by atoms with Gasteiger partial charge in [-0.3, -0.25) is 0 Å². The molecule has 1 atom stereocenters. The highest BCUT2D eigenvalue weighted by molar-refractivity contribution is 7.86. The van der Waals surface area contributed by atoms with E-state index in [0.29, 0.717) is 24.6 Å². The summed E-state index contributed by atoms with van der Waals surface area (Å²) in [6.45, 7) is 0.830. The van der Waals surface area contributed by atoms with E-state index in [0.717, 1.165) is 18.5 Å². The van der Waals surface area contributed by atoms with Crippen LogP contribution in [0.3, 0.4) is 0 Å². The van der Waals surface area contributed by atoms with Crippen molar-refractivity contribution in [2.24, 2.45) is 5.14 Å². The number of nitrogens with one attached hydrogen (secondary N) is 1. The Kier molecular flexibility index (Phi) is 4.92. The van der Waals surface area contributed by atoms with Gasteiger partial charge in [-0.05, 0) is 12.8 Å². The van der Waals surface area contributed by atoms with Gasteiger partial charge < -0.3 is 14.8 Å². The van der Waals surface area contributed by atoms with E-state index in [2.05, 4.69) is 5.32 Å². The fourth-order valence-corrected chi connectivity index (χ4v) is 3.19. The van der Waals surface area contributed by atoms with E-state index in [9.17, 15) is 8.42 Å². The number of nitrogens with zero attached hydrogens (tertiary/aromatic N) is 1. The van der Waals surface area contributed by atoms with Crippen molar-refractivity contribution in [3.05, 3.63) is 18.2 Å². The first kappa shape index (κ1) is 15.9. The summed E-state index contributed by atoms with van der Waals surface area (Å²) in [5, 5.41) is 8.50. The summed E-state index contributed by atoms with van der Waals surface area (Å²) >= 11 is 0. The molecule has 0 radical (unpaired) electrons. The van der Waals surface area contributed by atoms with Gasteiger partial charge in [0, 0.05) is 43.0 Å². The third-order valence-corrected chi connectivity index (χ3v) is 4.52. The van der Waals surface area contributed by atoms with Crippen LogP contribution in [-0.2, 0) is 10.2 Å². The van der Waals surface area contributed by atoms with E-state index in [1.807, 2.05) is 12.1 Å². The van der Waals surface area contributed by atoms with Gasteiger partial charge in [0.1, 0.15) is 11.5 Å². The minimum atomic E-state index is -3.63. The van der Waals surface area contributed by atoms with E-state index in [1.165, 1.54) is 4.31 Å². The number of anilines is 1. The lowest BCUT2D eigenvalue weighted by Crippen LogP contribution is -2.47. The summed E-state index contributed by atoms with van der Waals surface area (Å²) in [6.07, 6.45) is 1.65. The van der Waals surface area contributed by atoms with Crippen molar-refractivity contribution in [2.75, 3.05) is 32.6 Å². The number of nitrogens with two attached hydrogens (primary N) is 1. The normalized spacial score (nSPS) is 20.0. The van der Waals surface area contributed by atoms with Crippen molar-refractivity contribution in [2.45, 2.75) is 18.9 Å². The van der Waals surface area contributed by atoms with Gasteiger partial charge in [-0.15, -0.1) is 0 Å². The highest BCUT2D eigenvalue weighted by atomic mass is 32.2. The molecule has 1 aliphatic rings. The van der Waals surface area contributed by atoms with Crippen LogP contribution in [0.1, 0.15) is 12.8 Å². The zero-order valence-corrected chi connectivity index (χ0v) is 13.0. The maximum atomic E-state index is 11.4. The number of benzene rings is 1. The summed E-state index contributed by atoms with van der Waals surface area (Å²) in [5.74, 6) is 1.35. The Hall–Kier alpha value is -1.51. The van der Waals surface area contributed by atoms with E-state index in [4.69, 9.17) is 14.6 Å². The number of methoxy groups -OCH3 is 2. The fraction of sp³-hybridized carbons (Fsp3) is 0.538. The van der Waals surface area contributed by atoms with Crippen LogP contribution in [0.4, 0.5) is 5.69 Å². The molecule has 1 aliphatic heterocycles. The molecule has 21 heavy (non-hydrogen) atoms. The van der Waals surface area contributed by atoms with Gasteiger partial charge >= 0.3 is 0 Å². The SMILES string of the molecule is COc1cc(N[C@@H]2CCCN(S(N)(=O)=O)C2)cc(OC)c1. The molecule has 1 heterocycles. The van der Waals surface area contributed by atoms with Crippen LogP contribution in [0.5, 0.6) is 11.5 Å². The Balaban J connectivity index is 2.10. The monoisotopic (exact) mass is 315 g/mol. The van der Waals surface area contributed by atoms with E-state index in [-0.39, 0.29) is 6.04 Å². The Morgan fingerprint density at radius 3 is 2.38 bits per heavy atom. The average Bonchev–Trinajstić information content (AvgIpc) is 2.46. The topological polar surface area (TPSA) is 93.9 Å². The van der Waals surface area contributed by atoms with Crippen molar-refractivity contribution >= 4 is 15.9 Å². The van der Waals surface area contributed by atoms with E-state index < -0.39 is 10.2 Å². The van der Waals surface area contributed by atoms with Gasteiger partial charge in [0.25, 0.3) is 10.2 Å². The van der Waals surface area contributed by atoms with Crippen molar-refractivity contribution in [1.82, 2.24) is 4.31 Å². The van der Waals surface area contributed by atoms with E-state index >= 15 is 0 Å². The maximum absolute atomic E-state index is 11.4. The minimum absolute atomic E-state index is 0.00823. The van der Waals surface area contributed by atoms with Crippen molar-refractivity contribution in [3.63, 3.8) is 0 Å². The van der Waals surface area contributed by atoms with Crippen LogP contribution in [0.2, 0.25) is 0 Å². The first-order chi connectivity index (χ1) is 9.92. The maximum Gasteiger partial charge on any atom is 0.276 e. The Bertz CT molecular complexity index is 569. The number of hydrogen-bond acceptors (Lipinski definition) is 5. The summed E-state index contributed by atoms with van der Waals surface area (Å²) in [5.41, 5.74) is 0.826. The molecular formula is C13H21N3O4S. The van der Waals surface area contributed by atoms with Gasteiger partial charge in [0.05, 0.1) is 14.2 Å². The molecule has 2 rings (SSSR count). The quantitative estimate of drug-likeness (QED) is 0.837. The number of piperidine rings is 1. The van der Waals surface area contributed by atoms with Gasteiger partial charge in [0.15, 0.2) is 0 Å². The van der Waals surface area contributed by atoms with Crippen molar-refractivity contribution in [3.8, 4) is 11.5 Å². The second-order valence-electron chi connectivity index (χ2n) is 4.99. The molecule has 1 saturated heterocycles. The first-order valence-electron chi connectivity index (χ1n) is 6.70. The lowest BCUT2D eigenvalue weighted by molar-refractivity contribution is 0.327. The summed E-state index contributed by atoms with van der Waals surface area (Å²) in [4.78, 5) is 0. The predicted molar refractivity (Wildman–Crippen MR) is 80.9 cm³/mol. The van der Waals surface area contributed by atoms with Crippen LogP contribution in [-0.4, -0.2) is 46.1 Å². The summed E-state index contributed by atoms with van der Waals surface area (Å²) in [7, 11) is -0.462. The molecule has 1 aromatic rings. The highest BCUT2D eigenvalue weighted by Gasteiger charge is 2.26. The van der Waals surface area contributed by atoms with Crippen molar-refractivity contribution < 1.29 is 17.9 Å². The zero-order chi connectivity index (χ0) is 15.5. The molecule has 0 aliphatic carbocycles. The molecule has 1 aromatic carbocycles. The minimum Gasteiger partial charge on any atom is -0.497 e. The van der Waals surface area contributed by atoms with Crippen LogP contribution >= 0.6 is 0 Å². The molecule has 0 saturated carbocycles. The third-order valence-electron chi connectivity index (χ3n) is 3.47. The Labute approximate surface area is 125 Å². The number of hydrogen-bond donors (Lipinski definition) is 2. The molecule has 3 N–H and O–H groups in total. The summed E-state index contributed by atoms with van der Waals surface area (Å²) in [6, 6.07) is 5.48. The average molecular weight is 315 g/mol. The van der Waals surface area contributed by atoms with Gasteiger partial charge in [-0.25, -0.2) is 5.14 Å². The Morgan fingerprint density at radius 1 is 1.24 bits per heavy atom. The molecule has 118 valence electrons. The Morgan fingerprint density at radius 2 is 1.86 bits per heavy atom. The first-order valence-corrected chi connectivity index (χ1v) is 8.20. The van der Waals surface area contributed by atoms with Gasteiger partial charge in [0.2, 0.25) is 0 Å². The standard InChI is InChI=1S/C13H21N3O4S/c1-19-12-6-11(7-13(8-12)20-2)15-10-4-3-5-16(9-10)21(14,17)18/h6-8,10,15H,3-5,9H2,1-2H3,(H2,14,17,18)/t10-/m1/s1. The van der Waals surface area contributed by atoms with Crippen LogP contribution in [0.25, 0.3) is 0 Å². The highest BCUT2D eigenvalue weighted by Crippen LogP contribution is 2.27. The molecule has 8 heteroatoms. The lowest BCUT2D eigenvalue weighted by atomic mass is 10.1. The van der Waals surface area contributed by atoms with Gasteiger partial charge in [-0.2, -0.15) is 12.7 Å². The molecule has 0 amide bonds. The lowest BCUT2D eigenvalue weighted by Gasteiger charge is -2.31. The molecular weight excluding hydrogens is 294 g/mol. The number of rotatable bonds is 5. The molecule has 0 unspecified atom stereocenters. The fourth-order valence-electron chi connectivity index (χ4n) is 2.42. The molecule has 0 spiro atoms. The molecule has 7 nitrogen and oxygen atoms in total. The molecule has 0 aromatic heterocycles. The second kappa shape index (κ2) is 6.50. The van der Waals surface area contributed by atoms with Crippen LogP contribution < -0.4 is 19.9 Å². The second-order valence-corrected chi connectivity index (χ2v) is 6.53. The third kappa shape index (κ3) is 4.23. The van der Waals surface area contributed by atoms with Crippen LogP contribution in [0, 0.1) is 0 Å².